The number of hydrazine groups is 1. The molecular formula is C17H18N2O4. The Morgan fingerprint density at radius 2 is 1.78 bits per heavy atom. The Balaban J connectivity index is 1.61. The van der Waals surface area contributed by atoms with Crippen molar-refractivity contribution in [2.75, 3.05) is 0 Å². The maximum atomic E-state index is 12.7. The van der Waals surface area contributed by atoms with Crippen LogP contribution in [-0.4, -0.2) is 22.7 Å². The number of carbonyl (C=O) groups excluding carboxylic acids is 3. The zero-order chi connectivity index (χ0) is 16.3. The summed E-state index contributed by atoms with van der Waals surface area (Å²) in [7, 11) is 0. The highest BCUT2D eigenvalue weighted by Gasteiger charge is 2.63. The van der Waals surface area contributed by atoms with Crippen LogP contribution in [0.2, 0.25) is 0 Å². The van der Waals surface area contributed by atoms with E-state index in [0.717, 1.165) is 17.9 Å². The van der Waals surface area contributed by atoms with Crippen molar-refractivity contribution in [3.63, 3.8) is 0 Å². The van der Waals surface area contributed by atoms with Crippen molar-refractivity contribution < 1.29 is 18.8 Å². The Morgan fingerprint density at radius 3 is 2.26 bits per heavy atom. The zero-order valence-electron chi connectivity index (χ0n) is 13.0. The summed E-state index contributed by atoms with van der Waals surface area (Å²) in [4.78, 5) is 37.5. The first-order valence-electron chi connectivity index (χ1n) is 7.90. The Labute approximate surface area is 133 Å². The number of hydrogen-bond acceptors (Lipinski definition) is 4. The van der Waals surface area contributed by atoms with Crippen LogP contribution in [0.25, 0.3) is 0 Å². The van der Waals surface area contributed by atoms with E-state index >= 15 is 0 Å². The highest BCUT2D eigenvalue weighted by Crippen LogP contribution is 2.59. The lowest BCUT2D eigenvalue weighted by molar-refractivity contribution is -0.143. The molecular weight excluding hydrogens is 296 g/mol. The van der Waals surface area contributed by atoms with Crippen LogP contribution in [0.3, 0.4) is 0 Å². The predicted octanol–water partition coefficient (Wildman–Crippen LogP) is 1.90. The number of carbonyl (C=O) groups is 3. The maximum Gasteiger partial charge on any atom is 0.305 e. The molecule has 0 aromatic carbocycles. The lowest BCUT2D eigenvalue weighted by Gasteiger charge is -2.19. The molecule has 4 atom stereocenters. The van der Waals surface area contributed by atoms with Crippen molar-refractivity contribution in [2.45, 2.75) is 26.7 Å². The van der Waals surface area contributed by atoms with Crippen LogP contribution in [0.15, 0.2) is 34.0 Å². The van der Waals surface area contributed by atoms with Gasteiger partial charge in [0, 0.05) is 0 Å². The third kappa shape index (κ3) is 1.84. The molecule has 3 aliphatic rings. The van der Waals surface area contributed by atoms with Crippen LogP contribution in [-0.2, 0) is 9.59 Å². The van der Waals surface area contributed by atoms with E-state index in [1.807, 2.05) is 13.8 Å². The molecule has 6 heteroatoms. The van der Waals surface area contributed by atoms with Crippen LogP contribution in [0.5, 0.6) is 0 Å². The fourth-order valence-electron chi connectivity index (χ4n) is 4.67. The number of amides is 3. The average molecular weight is 314 g/mol. The standard InChI is InChI=1S/C17H18N2O4/c1-8(2)12-9-5-6-10(12)14-13(9)16(21)19(17(14)22)18-15(20)11-4-3-7-23-11/h3-4,7,9-10,13-14H,5-6H2,1-2H3,(H,18,20)/t9-,10-,13+,14+/m0/s1. The quantitative estimate of drug-likeness (QED) is 0.668. The first kappa shape index (κ1) is 14.2. The minimum absolute atomic E-state index is 0.0793. The summed E-state index contributed by atoms with van der Waals surface area (Å²) >= 11 is 0. The topological polar surface area (TPSA) is 79.6 Å². The number of nitrogens with one attached hydrogen (secondary N) is 1. The summed E-state index contributed by atoms with van der Waals surface area (Å²) in [6.45, 7) is 4.10. The molecule has 23 heavy (non-hydrogen) atoms. The Kier molecular flexibility index (Phi) is 2.98. The van der Waals surface area contributed by atoms with Crippen LogP contribution >= 0.6 is 0 Å². The van der Waals surface area contributed by atoms with E-state index in [1.165, 1.54) is 23.5 Å². The highest BCUT2D eigenvalue weighted by atomic mass is 16.3. The molecule has 1 N–H and O–H groups in total. The summed E-state index contributed by atoms with van der Waals surface area (Å²) in [6, 6.07) is 3.07. The van der Waals surface area contributed by atoms with Gasteiger partial charge in [-0.2, -0.15) is 5.01 Å². The van der Waals surface area contributed by atoms with E-state index in [4.69, 9.17) is 4.42 Å². The lowest BCUT2D eigenvalue weighted by atomic mass is 9.81. The smallest absolute Gasteiger partial charge is 0.305 e. The second kappa shape index (κ2) is 4.81. The molecule has 1 aliphatic heterocycles. The number of fused-ring (bicyclic) bond motifs is 5. The van der Waals surface area contributed by atoms with Gasteiger partial charge in [0.05, 0.1) is 18.1 Å². The third-order valence-corrected chi connectivity index (χ3v) is 5.39. The fraction of sp³-hybridized carbons (Fsp3) is 0.471. The van der Waals surface area contributed by atoms with Crippen molar-refractivity contribution in [1.29, 1.82) is 0 Å². The van der Waals surface area contributed by atoms with E-state index in [1.54, 1.807) is 6.07 Å². The van der Waals surface area contributed by atoms with E-state index in [-0.39, 0.29) is 41.2 Å². The molecule has 120 valence electrons. The first-order valence-corrected chi connectivity index (χ1v) is 7.90. The van der Waals surface area contributed by atoms with Crippen molar-refractivity contribution in [3.05, 3.63) is 35.3 Å². The van der Waals surface area contributed by atoms with Gasteiger partial charge in [-0.25, -0.2) is 0 Å². The second-order valence-electron chi connectivity index (χ2n) is 6.73. The number of allylic oxidation sites excluding steroid dienone is 2. The Morgan fingerprint density at radius 1 is 1.17 bits per heavy atom. The molecule has 1 aromatic heterocycles. The number of nitrogens with zero attached hydrogens (tertiary/aromatic N) is 1. The number of furan rings is 1. The molecule has 3 fully saturated rings. The molecule has 1 aromatic rings. The SMILES string of the molecule is CC(C)=C1[C@@H]2CC[C@@H]1[C@H]1C(=O)N(NC(=O)c3ccco3)C(=O)[C@@H]12. The molecule has 0 spiro atoms. The summed E-state index contributed by atoms with van der Waals surface area (Å²) in [5.74, 6) is -1.40. The first-order chi connectivity index (χ1) is 11.0. The van der Waals surface area contributed by atoms with Crippen molar-refractivity contribution in [3.8, 4) is 0 Å². The van der Waals surface area contributed by atoms with Gasteiger partial charge in [0.1, 0.15) is 0 Å². The van der Waals surface area contributed by atoms with E-state index in [2.05, 4.69) is 5.43 Å². The van der Waals surface area contributed by atoms with Gasteiger partial charge in [0.2, 0.25) is 0 Å². The second-order valence-corrected chi connectivity index (χ2v) is 6.73. The fourth-order valence-corrected chi connectivity index (χ4v) is 4.67. The molecule has 2 aliphatic carbocycles. The highest BCUT2D eigenvalue weighted by molar-refractivity contribution is 6.08. The largest absolute Gasteiger partial charge is 0.459 e. The predicted molar refractivity (Wildman–Crippen MR) is 79.6 cm³/mol. The summed E-state index contributed by atoms with van der Waals surface area (Å²) < 4.78 is 5.00. The Hall–Kier alpha value is -2.37. The summed E-state index contributed by atoms with van der Waals surface area (Å²) in [5, 5.41) is 0.910. The van der Waals surface area contributed by atoms with Crippen molar-refractivity contribution in [1.82, 2.24) is 10.4 Å². The van der Waals surface area contributed by atoms with Crippen LogP contribution in [0.1, 0.15) is 37.2 Å². The minimum atomic E-state index is -0.577. The number of hydrogen-bond donors (Lipinski definition) is 1. The molecule has 2 saturated carbocycles. The minimum Gasteiger partial charge on any atom is -0.459 e. The van der Waals surface area contributed by atoms with Crippen molar-refractivity contribution in [2.24, 2.45) is 23.7 Å². The molecule has 3 amide bonds. The molecule has 0 unspecified atom stereocenters. The lowest BCUT2D eigenvalue weighted by Crippen LogP contribution is -2.47. The summed E-state index contributed by atoms with van der Waals surface area (Å²) in [6.07, 6.45) is 3.27. The Bertz CT molecular complexity index is 698. The van der Waals surface area contributed by atoms with Gasteiger partial charge in [-0.1, -0.05) is 11.1 Å². The van der Waals surface area contributed by atoms with Gasteiger partial charge < -0.3 is 4.42 Å². The van der Waals surface area contributed by atoms with Crippen LogP contribution in [0.4, 0.5) is 0 Å². The van der Waals surface area contributed by atoms with E-state index < -0.39 is 5.91 Å². The van der Waals surface area contributed by atoms with Gasteiger partial charge in [-0.15, -0.1) is 0 Å². The monoisotopic (exact) mass is 314 g/mol. The van der Waals surface area contributed by atoms with Crippen LogP contribution in [0, 0.1) is 23.7 Å². The number of imide groups is 1. The third-order valence-electron chi connectivity index (χ3n) is 5.39. The zero-order valence-corrected chi connectivity index (χ0v) is 13.0. The summed E-state index contributed by atoms with van der Waals surface area (Å²) in [5.41, 5.74) is 4.92. The van der Waals surface area contributed by atoms with Crippen molar-refractivity contribution >= 4 is 17.7 Å². The van der Waals surface area contributed by atoms with Crippen LogP contribution < -0.4 is 5.43 Å². The van der Waals surface area contributed by atoms with Gasteiger partial charge in [-0.05, 0) is 50.7 Å². The van der Waals surface area contributed by atoms with Gasteiger partial charge in [0.15, 0.2) is 5.76 Å². The molecule has 2 heterocycles. The molecule has 4 rings (SSSR count). The van der Waals surface area contributed by atoms with Gasteiger partial charge in [0.25, 0.3) is 11.8 Å². The van der Waals surface area contributed by atoms with Gasteiger partial charge >= 0.3 is 5.91 Å². The molecule has 2 bridgehead atoms. The molecule has 0 radical (unpaired) electrons. The molecule has 6 nitrogen and oxygen atoms in total. The normalized spacial score (nSPS) is 31.7. The van der Waals surface area contributed by atoms with E-state index in [0.29, 0.717) is 0 Å². The maximum absolute atomic E-state index is 12.7. The number of rotatable bonds is 2. The molecule has 1 saturated heterocycles. The average Bonchev–Trinajstić information content (AvgIpc) is 3.26. The van der Waals surface area contributed by atoms with E-state index in [9.17, 15) is 14.4 Å². The van der Waals surface area contributed by atoms with Gasteiger partial charge in [-0.3, -0.25) is 19.8 Å².